The van der Waals surface area contributed by atoms with Gasteiger partial charge < -0.3 is 15.2 Å². The summed E-state index contributed by atoms with van der Waals surface area (Å²) in [6, 6.07) is 4.90. The third-order valence-electron chi connectivity index (χ3n) is 2.56. The molecule has 0 saturated heterocycles. The maximum absolute atomic E-state index is 11.1. The zero-order valence-corrected chi connectivity index (χ0v) is 10.5. The van der Waals surface area contributed by atoms with Gasteiger partial charge in [0.2, 0.25) is 0 Å². The number of nitrogens with zero attached hydrogens (tertiary/aromatic N) is 1. The van der Waals surface area contributed by atoms with Crippen molar-refractivity contribution in [3.05, 3.63) is 34.4 Å². The zero-order valence-electron chi connectivity index (χ0n) is 10.5. The standard InChI is InChI=1S/C12H16N2O5/c1-19-8-2-3-11(12(15)16)13-9-4-6-10(7-5-9)14(17)18/h4-7,11,13H,2-3,8H2,1H3,(H,15,16). The molecule has 1 unspecified atom stereocenters. The maximum atomic E-state index is 11.1. The van der Waals surface area contributed by atoms with E-state index in [-0.39, 0.29) is 5.69 Å². The van der Waals surface area contributed by atoms with E-state index in [2.05, 4.69) is 5.32 Å². The van der Waals surface area contributed by atoms with Gasteiger partial charge in [-0.05, 0) is 25.0 Å². The molecule has 0 spiro atoms. The number of benzene rings is 1. The van der Waals surface area contributed by atoms with Crippen molar-refractivity contribution in [1.29, 1.82) is 0 Å². The number of hydrogen-bond acceptors (Lipinski definition) is 5. The van der Waals surface area contributed by atoms with Crippen molar-refractivity contribution in [3.8, 4) is 0 Å². The van der Waals surface area contributed by atoms with Gasteiger partial charge in [0.05, 0.1) is 4.92 Å². The normalized spacial score (nSPS) is 11.8. The van der Waals surface area contributed by atoms with Gasteiger partial charge in [0.15, 0.2) is 0 Å². The lowest BCUT2D eigenvalue weighted by molar-refractivity contribution is -0.384. The molecule has 0 radical (unpaired) electrons. The highest BCUT2D eigenvalue weighted by Crippen LogP contribution is 2.17. The molecular weight excluding hydrogens is 252 g/mol. The van der Waals surface area contributed by atoms with Crippen molar-refractivity contribution >= 4 is 17.3 Å². The minimum Gasteiger partial charge on any atom is -0.480 e. The number of carboxylic acids is 1. The van der Waals surface area contributed by atoms with Crippen LogP contribution in [0.5, 0.6) is 0 Å². The first-order chi connectivity index (χ1) is 9.04. The second kappa shape index (κ2) is 7.32. The summed E-state index contributed by atoms with van der Waals surface area (Å²) in [4.78, 5) is 21.1. The van der Waals surface area contributed by atoms with E-state index in [1.54, 1.807) is 7.11 Å². The van der Waals surface area contributed by atoms with Gasteiger partial charge in [-0.25, -0.2) is 4.79 Å². The summed E-state index contributed by atoms with van der Waals surface area (Å²) in [6.07, 6.45) is 1.04. The van der Waals surface area contributed by atoms with Gasteiger partial charge >= 0.3 is 5.97 Å². The van der Waals surface area contributed by atoms with Gasteiger partial charge in [-0.1, -0.05) is 0 Å². The Bertz CT molecular complexity index is 432. The summed E-state index contributed by atoms with van der Waals surface area (Å²) >= 11 is 0. The van der Waals surface area contributed by atoms with Crippen LogP contribution in [0.25, 0.3) is 0 Å². The molecule has 7 heteroatoms. The number of non-ortho nitro benzene ring substituents is 1. The molecule has 1 rings (SSSR count). The van der Waals surface area contributed by atoms with E-state index in [4.69, 9.17) is 9.84 Å². The van der Waals surface area contributed by atoms with Crippen LogP contribution in [0.1, 0.15) is 12.8 Å². The van der Waals surface area contributed by atoms with E-state index in [1.807, 2.05) is 0 Å². The van der Waals surface area contributed by atoms with E-state index in [0.717, 1.165) is 0 Å². The molecule has 0 saturated carbocycles. The fourth-order valence-electron chi connectivity index (χ4n) is 1.57. The quantitative estimate of drug-likeness (QED) is 0.424. The van der Waals surface area contributed by atoms with E-state index in [0.29, 0.717) is 25.1 Å². The predicted octanol–water partition coefficient (Wildman–Crippen LogP) is 1.89. The molecule has 0 bridgehead atoms. The fourth-order valence-corrected chi connectivity index (χ4v) is 1.57. The Labute approximate surface area is 110 Å². The number of rotatable bonds is 8. The van der Waals surface area contributed by atoms with Gasteiger partial charge in [0, 0.05) is 31.5 Å². The van der Waals surface area contributed by atoms with E-state index < -0.39 is 16.9 Å². The lowest BCUT2D eigenvalue weighted by Crippen LogP contribution is -2.29. The summed E-state index contributed by atoms with van der Waals surface area (Å²) in [5.74, 6) is -0.963. The molecule has 0 aliphatic carbocycles. The molecule has 1 aromatic rings. The van der Waals surface area contributed by atoms with Crippen LogP contribution in [0.15, 0.2) is 24.3 Å². The highest BCUT2D eigenvalue weighted by atomic mass is 16.6. The number of hydrogen-bond donors (Lipinski definition) is 2. The molecule has 0 amide bonds. The van der Waals surface area contributed by atoms with Crippen molar-refractivity contribution in [1.82, 2.24) is 0 Å². The molecule has 0 aromatic heterocycles. The summed E-state index contributed by atoms with van der Waals surface area (Å²) in [6.45, 7) is 0.492. The molecule has 1 atom stereocenters. The van der Waals surface area contributed by atoms with Gasteiger partial charge in [-0.2, -0.15) is 0 Å². The largest absolute Gasteiger partial charge is 0.480 e. The van der Waals surface area contributed by atoms with Gasteiger partial charge in [0.1, 0.15) is 6.04 Å². The summed E-state index contributed by atoms with van der Waals surface area (Å²) in [5, 5.41) is 22.4. The number of nitro benzene ring substituents is 1. The van der Waals surface area contributed by atoms with Crippen LogP contribution in [0.4, 0.5) is 11.4 Å². The third kappa shape index (κ3) is 4.92. The van der Waals surface area contributed by atoms with Gasteiger partial charge in [-0.15, -0.1) is 0 Å². The molecule has 0 aliphatic heterocycles. The highest BCUT2D eigenvalue weighted by molar-refractivity contribution is 5.77. The molecule has 104 valence electrons. The number of anilines is 1. The number of ether oxygens (including phenoxy) is 1. The molecule has 0 aliphatic rings. The third-order valence-corrected chi connectivity index (χ3v) is 2.56. The Kier molecular flexibility index (Phi) is 5.74. The van der Waals surface area contributed by atoms with E-state index >= 15 is 0 Å². The van der Waals surface area contributed by atoms with Crippen molar-refractivity contribution in [2.75, 3.05) is 19.0 Å². The van der Waals surface area contributed by atoms with Crippen molar-refractivity contribution in [2.45, 2.75) is 18.9 Å². The fraction of sp³-hybridized carbons (Fsp3) is 0.417. The van der Waals surface area contributed by atoms with Gasteiger partial charge in [0.25, 0.3) is 5.69 Å². The number of nitrogens with one attached hydrogen (secondary N) is 1. The minimum atomic E-state index is -0.963. The Morgan fingerprint density at radius 2 is 2.11 bits per heavy atom. The van der Waals surface area contributed by atoms with Crippen LogP contribution in [0, 0.1) is 10.1 Å². The maximum Gasteiger partial charge on any atom is 0.326 e. The van der Waals surface area contributed by atoms with Gasteiger partial charge in [-0.3, -0.25) is 10.1 Å². The van der Waals surface area contributed by atoms with Crippen LogP contribution in [-0.2, 0) is 9.53 Å². The van der Waals surface area contributed by atoms with Crippen LogP contribution < -0.4 is 5.32 Å². The number of carboxylic acid groups (broad SMARTS) is 1. The number of carbonyl (C=O) groups is 1. The zero-order chi connectivity index (χ0) is 14.3. The smallest absolute Gasteiger partial charge is 0.326 e. The van der Waals surface area contributed by atoms with Crippen LogP contribution >= 0.6 is 0 Å². The van der Waals surface area contributed by atoms with Crippen LogP contribution in [0.2, 0.25) is 0 Å². The Morgan fingerprint density at radius 1 is 1.47 bits per heavy atom. The van der Waals surface area contributed by atoms with E-state index in [1.165, 1.54) is 24.3 Å². The summed E-state index contributed by atoms with van der Waals surface area (Å²) in [5.41, 5.74) is 0.507. The van der Waals surface area contributed by atoms with E-state index in [9.17, 15) is 14.9 Å². The van der Waals surface area contributed by atoms with Crippen molar-refractivity contribution in [2.24, 2.45) is 0 Å². The number of methoxy groups -OCH3 is 1. The number of aliphatic carboxylic acids is 1. The topological polar surface area (TPSA) is 102 Å². The monoisotopic (exact) mass is 268 g/mol. The Balaban J connectivity index is 2.63. The van der Waals surface area contributed by atoms with Crippen molar-refractivity contribution < 1.29 is 19.6 Å². The average Bonchev–Trinajstić information content (AvgIpc) is 2.38. The van der Waals surface area contributed by atoms with Crippen LogP contribution in [0.3, 0.4) is 0 Å². The lowest BCUT2D eigenvalue weighted by Gasteiger charge is -2.15. The molecule has 19 heavy (non-hydrogen) atoms. The second-order valence-corrected chi connectivity index (χ2v) is 3.97. The Hall–Kier alpha value is -2.15. The van der Waals surface area contributed by atoms with Crippen molar-refractivity contribution in [3.63, 3.8) is 0 Å². The first-order valence-corrected chi connectivity index (χ1v) is 5.77. The lowest BCUT2D eigenvalue weighted by atomic mass is 10.1. The summed E-state index contributed by atoms with van der Waals surface area (Å²) in [7, 11) is 1.56. The average molecular weight is 268 g/mol. The summed E-state index contributed by atoms with van der Waals surface area (Å²) < 4.78 is 4.87. The molecule has 1 aromatic carbocycles. The number of nitro groups is 1. The highest BCUT2D eigenvalue weighted by Gasteiger charge is 2.17. The first kappa shape index (κ1) is 14.9. The molecule has 7 nitrogen and oxygen atoms in total. The van der Waals surface area contributed by atoms with Crippen LogP contribution in [-0.4, -0.2) is 35.8 Å². The molecule has 0 fully saturated rings. The molecule has 2 N–H and O–H groups in total. The molecular formula is C12H16N2O5. The minimum absolute atomic E-state index is 0.0307. The Morgan fingerprint density at radius 3 is 2.58 bits per heavy atom. The first-order valence-electron chi connectivity index (χ1n) is 5.77. The molecule has 0 heterocycles. The predicted molar refractivity (Wildman–Crippen MR) is 69.3 cm³/mol. The SMILES string of the molecule is COCCCC(Nc1ccc([N+](=O)[O-])cc1)C(=O)O. The second-order valence-electron chi connectivity index (χ2n) is 3.97.